The number of hydrogen-bond acceptors (Lipinski definition) is 3. The molecule has 0 aliphatic rings. The number of benzene rings is 4. The van der Waals surface area contributed by atoms with Crippen LogP contribution in [0.25, 0.3) is 21.9 Å². The van der Waals surface area contributed by atoms with Gasteiger partial charge in [0.15, 0.2) is 0 Å². The lowest BCUT2D eigenvalue weighted by Gasteiger charge is -2.19. The third-order valence-corrected chi connectivity index (χ3v) is 5.69. The molecule has 0 bridgehead atoms. The van der Waals surface area contributed by atoms with Crippen molar-refractivity contribution in [3.8, 4) is 11.1 Å². The molecule has 0 fully saturated rings. The highest BCUT2D eigenvalue weighted by molar-refractivity contribution is 6.02. The number of carbonyl (C=O) groups is 2. The number of fused-ring (bicyclic) bond motifs is 1. The van der Waals surface area contributed by atoms with Gasteiger partial charge in [-0.05, 0) is 84.6 Å². The third-order valence-electron chi connectivity index (χ3n) is 5.69. The fourth-order valence-corrected chi connectivity index (χ4v) is 3.98. The second-order valence-corrected chi connectivity index (χ2v) is 9.83. The molecule has 0 spiro atoms. The minimum atomic E-state index is -4.39. The molecule has 0 unspecified atom stereocenters. The number of ether oxygens (including phenoxy) is 1. The van der Waals surface area contributed by atoms with Crippen molar-refractivity contribution in [1.82, 2.24) is 5.32 Å². The maximum Gasteiger partial charge on any atom is 0.416 e. The van der Waals surface area contributed by atoms with E-state index in [1.807, 2.05) is 18.2 Å². The van der Waals surface area contributed by atoms with E-state index >= 15 is 0 Å². The Morgan fingerprint density at radius 1 is 0.842 bits per heavy atom. The highest BCUT2D eigenvalue weighted by Crippen LogP contribution is 2.33. The summed E-state index contributed by atoms with van der Waals surface area (Å²) < 4.78 is 44.1. The number of nitrogens with one attached hydrogen (secondary N) is 2. The third kappa shape index (κ3) is 6.70. The van der Waals surface area contributed by atoms with Gasteiger partial charge in [-0.1, -0.05) is 48.5 Å². The quantitative estimate of drug-likeness (QED) is 0.282. The molecule has 5 nitrogen and oxygen atoms in total. The SMILES string of the molecule is CC(C)(C)OC(=O)Nc1cccc(CNC(=O)c2ccc3c(-c4ccc(C(F)(F)F)cc4)cccc3c2)c1. The van der Waals surface area contributed by atoms with E-state index in [9.17, 15) is 22.8 Å². The summed E-state index contributed by atoms with van der Waals surface area (Å²) in [6.07, 6.45) is -4.96. The van der Waals surface area contributed by atoms with Crippen LogP contribution in [0.4, 0.5) is 23.7 Å². The van der Waals surface area contributed by atoms with E-state index in [0.717, 1.165) is 34.0 Å². The van der Waals surface area contributed by atoms with Crippen molar-refractivity contribution in [3.05, 3.63) is 102 Å². The lowest BCUT2D eigenvalue weighted by molar-refractivity contribution is -0.137. The van der Waals surface area contributed by atoms with Crippen LogP contribution in [0.3, 0.4) is 0 Å². The molecule has 0 heterocycles. The van der Waals surface area contributed by atoms with Crippen LogP contribution >= 0.6 is 0 Å². The minimum absolute atomic E-state index is 0.242. The van der Waals surface area contributed by atoms with Crippen LogP contribution in [0.1, 0.15) is 42.3 Å². The fraction of sp³-hybridized carbons (Fsp3) is 0.200. The van der Waals surface area contributed by atoms with Crippen molar-refractivity contribution in [2.24, 2.45) is 0 Å². The molecule has 0 aliphatic heterocycles. The first kappa shape index (κ1) is 26.7. The fourth-order valence-electron chi connectivity index (χ4n) is 3.98. The zero-order chi connectivity index (χ0) is 27.5. The second-order valence-electron chi connectivity index (χ2n) is 9.83. The summed E-state index contributed by atoms with van der Waals surface area (Å²) in [5.74, 6) is -0.280. The molecule has 0 aliphatic carbocycles. The Kier molecular flexibility index (Phi) is 7.44. The van der Waals surface area contributed by atoms with E-state index in [1.165, 1.54) is 12.1 Å². The summed E-state index contributed by atoms with van der Waals surface area (Å²) in [5.41, 5.74) is 1.90. The number of carbonyl (C=O) groups excluding carboxylic acids is 2. The van der Waals surface area contributed by atoms with Gasteiger partial charge < -0.3 is 10.1 Å². The van der Waals surface area contributed by atoms with Crippen molar-refractivity contribution in [2.45, 2.75) is 39.1 Å². The minimum Gasteiger partial charge on any atom is -0.444 e. The standard InChI is InChI=1S/C30H27F3N2O3/c1-29(2,3)38-28(37)35-24-8-4-6-19(16-24)18-34-27(36)22-12-15-26-21(17-22)7-5-9-25(26)20-10-13-23(14-11-20)30(31,32)33/h4-17H,18H2,1-3H3,(H,34,36)(H,35,37). The number of alkyl halides is 3. The predicted octanol–water partition coefficient (Wildman–Crippen LogP) is 7.80. The molecule has 38 heavy (non-hydrogen) atoms. The van der Waals surface area contributed by atoms with E-state index in [4.69, 9.17) is 4.74 Å². The first-order valence-electron chi connectivity index (χ1n) is 12.0. The van der Waals surface area contributed by atoms with Gasteiger partial charge in [0, 0.05) is 17.8 Å². The van der Waals surface area contributed by atoms with Crippen LogP contribution in [0.5, 0.6) is 0 Å². The Morgan fingerprint density at radius 3 is 2.24 bits per heavy atom. The molecule has 2 N–H and O–H groups in total. The molecular formula is C30H27F3N2O3. The Balaban J connectivity index is 1.46. The molecule has 0 radical (unpaired) electrons. The molecule has 4 rings (SSSR count). The van der Waals surface area contributed by atoms with Crippen LogP contribution in [-0.4, -0.2) is 17.6 Å². The zero-order valence-corrected chi connectivity index (χ0v) is 21.1. The average Bonchev–Trinajstić information content (AvgIpc) is 2.85. The van der Waals surface area contributed by atoms with Crippen molar-refractivity contribution in [3.63, 3.8) is 0 Å². The number of anilines is 1. The van der Waals surface area contributed by atoms with Gasteiger partial charge in [-0.3, -0.25) is 10.1 Å². The summed E-state index contributed by atoms with van der Waals surface area (Å²) in [7, 11) is 0. The molecule has 8 heteroatoms. The average molecular weight is 521 g/mol. The topological polar surface area (TPSA) is 67.4 Å². The number of halogens is 3. The highest BCUT2D eigenvalue weighted by Gasteiger charge is 2.30. The van der Waals surface area contributed by atoms with Crippen molar-refractivity contribution >= 4 is 28.5 Å². The van der Waals surface area contributed by atoms with E-state index in [0.29, 0.717) is 16.8 Å². The first-order chi connectivity index (χ1) is 17.9. The molecule has 4 aromatic carbocycles. The van der Waals surface area contributed by atoms with Crippen LogP contribution < -0.4 is 10.6 Å². The molecular weight excluding hydrogens is 493 g/mol. The van der Waals surface area contributed by atoms with E-state index in [-0.39, 0.29) is 12.5 Å². The predicted molar refractivity (Wildman–Crippen MR) is 142 cm³/mol. The van der Waals surface area contributed by atoms with Crippen molar-refractivity contribution in [2.75, 3.05) is 5.32 Å². The summed E-state index contributed by atoms with van der Waals surface area (Å²) >= 11 is 0. The van der Waals surface area contributed by atoms with Gasteiger partial charge in [0.2, 0.25) is 0 Å². The highest BCUT2D eigenvalue weighted by atomic mass is 19.4. The van der Waals surface area contributed by atoms with Gasteiger partial charge in [0.05, 0.1) is 5.56 Å². The normalized spacial score (nSPS) is 11.7. The van der Waals surface area contributed by atoms with Gasteiger partial charge >= 0.3 is 12.3 Å². The van der Waals surface area contributed by atoms with Crippen LogP contribution in [0, 0.1) is 0 Å². The van der Waals surface area contributed by atoms with Crippen LogP contribution in [-0.2, 0) is 17.5 Å². The Hall–Kier alpha value is -4.33. The van der Waals surface area contributed by atoms with Crippen LogP contribution in [0.2, 0.25) is 0 Å². The van der Waals surface area contributed by atoms with Crippen molar-refractivity contribution in [1.29, 1.82) is 0 Å². The monoisotopic (exact) mass is 520 g/mol. The Bertz CT molecular complexity index is 1470. The van der Waals surface area contributed by atoms with E-state index < -0.39 is 23.4 Å². The lowest BCUT2D eigenvalue weighted by Crippen LogP contribution is -2.27. The van der Waals surface area contributed by atoms with Crippen molar-refractivity contribution < 1.29 is 27.5 Å². The summed E-state index contributed by atoms with van der Waals surface area (Å²) in [6.45, 7) is 5.58. The molecule has 0 atom stereocenters. The number of hydrogen-bond donors (Lipinski definition) is 2. The number of rotatable bonds is 5. The Labute approximate surface area is 218 Å². The zero-order valence-electron chi connectivity index (χ0n) is 21.1. The largest absolute Gasteiger partial charge is 0.444 e. The smallest absolute Gasteiger partial charge is 0.416 e. The molecule has 0 saturated carbocycles. The first-order valence-corrected chi connectivity index (χ1v) is 12.0. The Morgan fingerprint density at radius 2 is 1.55 bits per heavy atom. The molecule has 0 saturated heterocycles. The van der Waals surface area contributed by atoms with Gasteiger partial charge in [0.1, 0.15) is 5.60 Å². The molecule has 196 valence electrons. The lowest BCUT2D eigenvalue weighted by atomic mass is 9.96. The van der Waals surface area contributed by atoms with Gasteiger partial charge in [-0.25, -0.2) is 4.79 Å². The van der Waals surface area contributed by atoms with E-state index in [2.05, 4.69) is 10.6 Å². The molecule has 0 aromatic heterocycles. The summed E-state index contributed by atoms with van der Waals surface area (Å²) in [4.78, 5) is 24.9. The van der Waals surface area contributed by atoms with Gasteiger partial charge in [-0.15, -0.1) is 0 Å². The van der Waals surface area contributed by atoms with Crippen LogP contribution in [0.15, 0.2) is 84.9 Å². The maximum atomic E-state index is 12.9. The maximum absolute atomic E-state index is 12.9. The molecule has 4 aromatic rings. The van der Waals surface area contributed by atoms with Gasteiger partial charge in [0.25, 0.3) is 5.91 Å². The molecule has 2 amide bonds. The van der Waals surface area contributed by atoms with E-state index in [1.54, 1.807) is 63.2 Å². The number of amides is 2. The van der Waals surface area contributed by atoms with Gasteiger partial charge in [-0.2, -0.15) is 13.2 Å². The second kappa shape index (κ2) is 10.6. The summed E-state index contributed by atoms with van der Waals surface area (Å²) in [5, 5.41) is 7.17. The summed E-state index contributed by atoms with van der Waals surface area (Å²) in [6, 6.07) is 22.8.